The third kappa shape index (κ3) is 8.73. The highest BCUT2D eigenvalue weighted by Crippen LogP contribution is 2.38. The average Bonchev–Trinajstić information content (AvgIpc) is 2.97. The number of esters is 1. The maximum absolute atomic E-state index is 12.5. The minimum Gasteiger partial charge on any atom is -0.487 e. The van der Waals surface area contributed by atoms with E-state index in [1.807, 2.05) is 88.4 Å². The van der Waals surface area contributed by atoms with Crippen LogP contribution in [0.25, 0.3) is 10.9 Å². The maximum atomic E-state index is 12.5. The number of pyridine rings is 1. The Hall–Kier alpha value is -3.06. The molecule has 2 atom stereocenters. The lowest BCUT2D eigenvalue weighted by molar-refractivity contribution is -0.147. The number of aromatic nitrogens is 1. The van der Waals surface area contributed by atoms with Crippen molar-refractivity contribution < 1.29 is 19.4 Å². The fourth-order valence-corrected chi connectivity index (χ4v) is 6.61. The van der Waals surface area contributed by atoms with Crippen LogP contribution in [0.3, 0.4) is 0 Å². The lowest BCUT2D eigenvalue weighted by Crippen LogP contribution is -2.20. The molecule has 42 heavy (non-hydrogen) atoms. The molecule has 0 spiro atoms. The Morgan fingerprint density at radius 1 is 1.02 bits per heavy atom. The van der Waals surface area contributed by atoms with Gasteiger partial charge in [0, 0.05) is 21.4 Å². The Labute approximate surface area is 258 Å². The Morgan fingerprint density at radius 2 is 1.81 bits per heavy atom. The summed E-state index contributed by atoms with van der Waals surface area (Å²) in [6.45, 7) is 8.24. The highest BCUT2D eigenvalue weighted by atomic mass is 35.5. The number of carbonyl (C=O) groups excluding carboxylic acids is 1. The van der Waals surface area contributed by atoms with E-state index in [1.165, 1.54) is 0 Å². The molecule has 4 aromatic rings. The van der Waals surface area contributed by atoms with Crippen molar-refractivity contribution in [3.8, 4) is 5.75 Å². The quantitative estimate of drug-likeness (QED) is 0.145. The fourth-order valence-electron chi connectivity index (χ4n) is 4.99. The van der Waals surface area contributed by atoms with Crippen molar-refractivity contribution in [1.29, 1.82) is 0 Å². The van der Waals surface area contributed by atoms with E-state index in [2.05, 4.69) is 18.2 Å². The largest absolute Gasteiger partial charge is 0.487 e. The molecule has 0 radical (unpaired) electrons. The van der Waals surface area contributed by atoms with Crippen molar-refractivity contribution in [3.05, 3.63) is 106 Å². The Morgan fingerprint density at radius 3 is 2.57 bits per heavy atom. The first-order valence-corrected chi connectivity index (χ1v) is 16.0. The van der Waals surface area contributed by atoms with Gasteiger partial charge in [0.05, 0.1) is 29.3 Å². The zero-order valence-corrected chi connectivity index (χ0v) is 26.4. The summed E-state index contributed by atoms with van der Waals surface area (Å²) in [6, 6.07) is 25.9. The molecular weight excluding hydrogens is 566 g/mol. The molecule has 4 rings (SSSR count). The van der Waals surface area contributed by atoms with E-state index >= 15 is 0 Å². The summed E-state index contributed by atoms with van der Waals surface area (Å²) in [6.07, 6.45) is 2.36. The first-order chi connectivity index (χ1) is 20.2. The number of nitrogens with zero attached hydrogens (tertiary/aromatic N) is 1. The summed E-state index contributed by atoms with van der Waals surface area (Å²) >= 11 is 7.94. The normalized spacial score (nSPS) is 13.1. The molecule has 1 N–H and O–H groups in total. The highest BCUT2D eigenvalue weighted by molar-refractivity contribution is 7.99. The van der Waals surface area contributed by atoms with Gasteiger partial charge in [-0.15, -0.1) is 0 Å². The number of hydrogen-bond acceptors (Lipinski definition) is 6. The third-order valence-electron chi connectivity index (χ3n) is 7.29. The van der Waals surface area contributed by atoms with Crippen molar-refractivity contribution in [2.75, 3.05) is 12.4 Å². The van der Waals surface area contributed by atoms with Crippen molar-refractivity contribution in [2.24, 2.45) is 5.92 Å². The Kier molecular flexibility index (Phi) is 11.3. The second kappa shape index (κ2) is 14.9. The number of aryl methyl sites for hydroxylation is 1. The molecule has 0 aliphatic rings. The van der Waals surface area contributed by atoms with E-state index < -0.39 is 5.60 Å². The Bertz CT molecular complexity index is 1490. The van der Waals surface area contributed by atoms with Crippen LogP contribution >= 0.6 is 23.4 Å². The predicted octanol–water partition coefficient (Wildman–Crippen LogP) is 8.69. The van der Waals surface area contributed by atoms with Gasteiger partial charge in [-0.05, 0) is 87.1 Å². The molecule has 1 heterocycles. The summed E-state index contributed by atoms with van der Waals surface area (Å²) in [5.41, 5.74) is 3.94. The van der Waals surface area contributed by atoms with Crippen LogP contribution in [0, 0.1) is 5.92 Å². The van der Waals surface area contributed by atoms with Crippen molar-refractivity contribution >= 4 is 40.2 Å². The minimum absolute atomic E-state index is 0.118. The van der Waals surface area contributed by atoms with Crippen LogP contribution in [0.4, 0.5) is 0 Å². The molecule has 0 aliphatic carbocycles. The maximum Gasteiger partial charge on any atom is 0.309 e. The highest BCUT2D eigenvalue weighted by Gasteiger charge is 2.23. The number of hydrogen-bond donors (Lipinski definition) is 1. The van der Waals surface area contributed by atoms with E-state index in [0.29, 0.717) is 24.0 Å². The van der Waals surface area contributed by atoms with E-state index in [0.717, 1.165) is 58.3 Å². The molecule has 0 saturated carbocycles. The summed E-state index contributed by atoms with van der Waals surface area (Å²) in [5.74, 6) is 1.13. The second-order valence-electron chi connectivity index (χ2n) is 10.9. The topological polar surface area (TPSA) is 68.7 Å². The van der Waals surface area contributed by atoms with E-state index in [4.69, 9.17) is 26.1 Å². The fraction of sp³-hybridized carbons (Fsp3) is 0.371. The molecule has 0 fully saturated rings. The van der Waals surface area contributed by atoms with Crippen molar-refractivity contribution in [1.82, 2.24) is 4.98 Å². The minimum atomic E-state index is -0.924. The van der Waals surface area contributed by atoms with Gasteiger partial charge < -0.3 is 14.6 Å². The van der Waals surface area contributed by atoms with Crippen LogP contribution in [0.5, 0.6) is 5.75 Å². The zero-order valence-electron chi connectivity index (χ0n) is 24.8. The number of aliphatic hydroxyl groups is 1. The van der Waals surface area contributed by atoms with E-state index in [1.54, 1.807) is 11.8 Å². The number of rotatable bonds is 14. The van der Waals surface area contributed by atoms with E-state index in [-0.39, 0.29) is 17.1 Å². The lowest BCUT2D eigenvalue weighted by Gasteiger charge is -2.24. The summed E-state index contributed by atoms with van der Waals surface area (Å²) in [4.78, 5) is 17.2. The second-order valence-corrected chi connectivity index (χ2v) is 12.6. The molecule has 222 valence electrons. The van der Waals surface area contributed by atoms with Gasteiger partial charge in [-0.25, -0.2) is 4.98 Å². The summed E-state index contributed by atoms with van der Waals surface area (Å²) < 4.78 is 11.5. The van der Waals surface area contributed by atoms with Gasteiger partial charge in [0.15, 0.2) is 0 Å². The molecule has 1 aromatic heterocycles. The molecule has 0 aliphatic heterocycles. The molecular formula is C35H40ClNO4S. The molecule has 5 nitrogen and oxygen atoms in total. The number of fused-ring (bicyclic) bond motifs is 1. The molecule has 2 unspecified atom stereocenters. The number of benzene rings is 3. The zero-order chi connectivity index (χ0) is 30.1. The number of ether oxygens (including phenoxy) is 2. The van der Waals surface area contributed by atoms with Crippen LogP contribution in [0.15, 0.2) is 78.9 Å². The van der Waals surface area contributed by atoms with E-state index in [9.17, 15) is 9.90 Å². The number of halogens is 1. The van der Waals surface area contributed by atoms with Gasteiger partial charge in [0.25, 0.3) is 0 Å². The van der Waals surface area contributed by atoms with Crippen molar-refractivity contribution in [3.63, 3.8) is 0 Å². The van der Waals surface area contributed by atoms with Crippen LogP contribution in [-0.2, 0) is 28.2 Å². The monoisotopic (exact) mass is 605 g/mol. The predicted molar refractivity (Wildman–Crippen MR) is 173 cm³/mol. The number of carbonyl (C=O) groups is 1. The van der Waals surface area contributed by atoms with Gasteiger partial charge in [-0.3, -0.25) is 4.79 Å². The summed E-state index contributed by atoms with van der Waals surface area (Å²) in [5, 5.41) is 12.6. The van der Waals surface area contributed by atoms with Gasteiger partial charge >= 0.3 is 5.97 Å². The first-order valence-electron chi connectivity index (χ1n) is 14.5. The van der Waals surface area contributed by atoms with Crippen LogP contribution in [0.2, 0.25) is 5.02 Å². The van der Waals surface area contributed by atoms with Crippen molar-refractivity contribution in [2.45, 2.75) is 64.4 Å². The smallest absolute Gasteiger partial charge is 0.309 e. The molecule has 3 aromatic carbocycles. The number of thioether (sulfide) groups is 1. The van der Waals surface area contributed by atoms with Gasteiger partial charge in [0.2, 0.25) is 0 Å². The van der Waals surface area contributed by atoms with Gasteiger partial charge in [-0.1, -0.05) is 67.1 Å². The van der Waals surface area contributed by atoms with Gasteiger partial charge in [0.1, 0.15) is 12.4 Å². The molecule has 0 saturated heterocycles. The van der Waals surface area contributed by atoms with Crippen LogP contribution in [-0.4, -0.2) is 28.4 Å². The average molecular weight is 606 g/mol. The molecule has 0 bridgehead atoms. The standard InChI is InChI=1S/C35H40ClNO4S/c1-5-24(34(38)40-6-2)23-42-33(19-16-25-10-7-8-13-31(25)35(3,4)39)27-11-9-12-30(20-27)41-22-29-18-15-26-14-17-28(36)21-32(26)37-29/h7-15,17-18,20-21,24,33,39H,5-6,16,19,22-23H2,1-4H3. The van der Waals surface area contributed by atoms with Crippen LogP contribution in [0.1, 0.15) is 68.2 Å². The Balaban J connectivity index is 1.53. The molecule has 7 heteroatoms. The SMILES string of the molecule is CCOC(=O)C(CC)CSC(CCc1ccccc1C(C)(C)O)c1cccc(OCc2ccc3ccc(Cl)cc3n2)c1. The van der Waals surface area contributed by atoms with Crippen LogP contribution < -0.4 is 4.74 Å². The third-order valence-corrected chi connectivity index (χ3v) is 9.03. The lowest BCUT2D eigenvalue weighted by atomic mass is 9.90. The molecule has 0 amide bonds. The summed E-state index contributed by atoms with van der Waals surface area (Å²) in [7, 11) is 0. The first kappa shape index (κ1) is 31.9. The van der Waals surface area contributed by atoms with Gasteiger partial charge in [-0.2, -0.15) is 11.8 Å².